The van der Waals surface area contributed by atoms with Gasteiger partial charge >= 0.3 is 0 Å². The second-order valence-electron chi connectivity index (χ2n) is 7.91. The fourth-order valence-corrected chi connectivity index (χ4v) is 3.59. The first kappa shape index (κ1) is 19.6. The normalized spacial score (nSPS) is 14.5. The number of anilines is 1. The smallest absolute Gasteiger partial charge is 0.168 e. The van der Waals surface area contributed by atoms with Gasteiger partial charge in [0, 0.05) is 25.2 Å². The van der Waals surface area contributed by atoms with E-state index in [1.807, 2.05) is 19.0 Å². The molecular weight excluding hydrogens is 350 g/mol. The molecule has 0 aliphatic carbocycles. The van der Waals surface area contributed by atoms with Crippen molar-refractivity contribution in [3.63, 3.8) is 0 Å². The SMILES string of the molecule is COc1cc2c(cc1N(C)C)C(CC(=O)c1ccc(C#N)cc1)=NC(C)(C)C2. The van der Waals surface area contributed by atoms with E-state index in [4.69, 9.17) is 15.0 Å². The van der Waals surface area contributed by atoms with Gasteiger partial charge in [0.25, 0.3) is 0 Å². The van der Waals surface area contributed by atoms with E-state index in [0.717, 1.165) is 34.7 Å². The van der Waals surface area contributed by atoms with E-state index in [-0.39, 0.29) is 17.7 Å². The Bertz CT molecular complexity index is 980. The first-order valence-electron chi connectivity index (χ1n) is 9.25. The summed E-state index contributed by atoms with van der Waals surface area (Å²) in [7, 11) is 5.61. The van der Waals surface area contributed by atoms with Gasteiger partial charge in [0.05, 0.1) is 42.1 Å². The highest BCUT2D eigenvalue weighted by Gasteiger charge is 2.29. The first-order chi connectivity index (χ1) is 13.2. The average molecular weight is 375 g/mol. The molecule has 3 rings (SSSR count). The quantitative estimate of drug-likeness (QED) is 0.740. The van der Waals surface area contributed by atoms with Gasteiger partial charge in [0.1, 0.15) is 5.75 Å². The minimum Gasteiger partial charge on any atom is -0.495 e. The highest BCUT2D eigenvalue weighted by molar-refractivity contribution is 6.17. The van der Waals surface area contributed by atoms with Crippen LogP contribution < -0.4 is 9.64 Å². The van der Waals surface area contributed by atoms with Crippen molar-refractivity contribution in [1.82, 2.24) is 0 Å². The molecule has 0 radical (unpaired) electrons. The lowest BCUT2D eigenvalue weighted by Gasteiger charge is -2.30. The van der Waals surface area contributed by atoms with E-state index >= 15 is 0 Å². The number of hydrogen-bond acceptors (Lipinski definition) is 5. The van der Waals surface area contributed by atoms with Crippen LogP contribution in [0.2, 0.25) is 0 Å². The van der Waals surface area contributed by atoms with Crippen LogP contribution >= 0.6 is 0 Å². The molecule has 0 fully saturated rings. The molecule has 1 aliphatic rings. The molecule has 0 saturated heterocycles. The Balaban J connectivity index is 2.00. The Hall–Kier alpha value is -3.13. The average Bonchev–Trinajstić information content (AvgIpc) is 2.66. The summed E-state index contributed by atoms with van der Waals surface area (Å²) >= 11 is 0. The lowest BCUT2D eigenvalue weighted by Crippen LogP contribution is -2.30. The highest BCUT2D eigenvalue weighted by Crippen LogP contribution is 2.36. The topological polar surface area (TPSA) is 65.7 Å². The number of nitriles is 1. The standard InChI is InChI=1S/C23H25N3O2/c1-23(2)13-17-10-22(28-5)20(26(3)4)11-18(17)19(25-23)12-21(27)16-8-6-15(14-24)7-9-16/h6-11H,12-13H2,1-5H3. The molecule has 1 heterocycles. The van der Waals surface area contributed by atoms with Gasteiger partial charge in [-0.15, -0.1) is 0 Å². The van der Waals surface area contributed by atoms with Crippen molar-refractivity contribution in [2.45, 2.75) is 32.2 Å². The highest BCUT2D eigenvalue weighted by atomic mass is 16.5. The number of rotatable bonds is 5. The van der Waals surface area contributed by atoms with Crippen molar-refractivity contribution in [3.05, 3.63) is 58.7 Å². The van der Waals surface area contributed by atoms with Crippen LogP contribution in [0.4, 0.5) is 5.69 Å². The van der Waals surface area contributed by atoms with Crippen LogP contribution in [-0.2, 0) is 6.42 Å². The van der Waals surface area contributed by atoms with Crippen LogP contribution in [0.1, 0.15) is 47.3 Å². The third kappa shape index (κ3) is 3.91. The Morgan fingerprint density at radius 1 is 1.25 bits per heavy atom. The number of fused-ring (bicyclic) bond motifs is 1. The molecular formula is C23H25N3O2. The van der Waals surface area contributed by atoms with Crippen molar-refractivity contribution >= 4 is 17.2 Å². The molecule has 0 amide bonds. The van der Waals surface area contributed by atoms with Crippen LogP contribution in [0.25, 0.3) is 0 Å². The molecule has 0 N–H and O–H groups in total. The van der Waals surface area contributed by atoms with Gasteiger partial charge in [0.15, 0.2) is 5.78 Å². The molecule has 28 heavy (non-hydrogen) atoms. The van der Waals surface area contributed by atoms with Crippen molar-refractivity contribution < 1.29 is 9.53 Å². The van der Waals surface area contributed by atoms with Gasteiger partial charge in [-0.05, 0) is 50.1 Å². The lowest BCUT2D eigenvalue weighted by molar-refractivity contribution is 0.100. The second kappa shape index (κ2) is 7.47. The van der Waals surface area contributed by atoms with Crippen molar-refractivity contribution in [3.8, 4) is 11.8 Å². The summed E-state index contributed by atoms with van der Waals surface area (Å²) in [5, 5.41) is 8.94. The monoisotopic (exact) mass is 375 g/mol. The van der Waals surface area contributed by atoms with Gasteiger partial charge in [-0.1, -0.05) is 12.1 Å². The number of hydrogen-bond donors (Lipinski definition) is 0. The Kier molecular flexibility index (Phi) is 5.24. The summed E-state index contributed by atoms with van der Waals surface area (Å²) in [4.78, 5) is 19.8. The number of ketones is 1. The van der Waals surface area contributed by atoms with Crippen LogP contribution in [0.5, 0.6) is 5.75 Å². The summed E-state index contributed by atoms with van der Waals surface area (Å²) < 4.78 is 5.57. The molecule has 0 saturated carbocycles. The number of carbonyl (C=O) groups excluding carboxylic acids is 1. The van der Waals surface area contributed by atoms with E-state index < -0.39 is 0 Å². The third-order valence-corrected chi connectivity index (χ3v) is 4.92. The van der Waals surface area contributed by atoms with Crippen molar-refractivity contribution in [2.24, 2.45) is 4.99 Å². The molecule has 2 aromatic rings. The lowest BCUT2D eigenvalue weighted by atomic mass is 9.84. The predicted molar refractivity (Wildman–Crippen MR) is 112 cm³/mol. The number of Topliss-reactive ketones (excluding diaryl/α,β-unsaturated/α-hetero) is 1. The van der Waals surface area contributed by atoms with E-state index in [9.17, 15) is 4.79 Å². The van der Waals surface area contributed by atoms with Gasteiger partial charge in [-0.3, -0.25) is 9.79 Å². The Morgan fingerprint density at radius 3 is 2.50 bits per heavy atom. The molecule has 1 aliphatic heterocycles. The van der Waals surface area contributed by atoms with E-state index in [1.165, 1.54) is 0 Å². The maximum atomic E-state index is 12.9. The molecule has 0 bridgehead atoms. The summed E-state index contributed by atoms with van der Waals surface area (Å²) in [6, 6.07) is 12.9. The number of benzene rings is 2. The Morgan fingerprint density at radius 2 is 1.93 bits per heavy atom. The molecule has 2 aromatic carbocycles. The van der Waals surface area contributed by atoms with Crippen LogP contribution in [0.3, 0.4) is 0 Å². The predicted octanol–water partition coefficient (Wildman–Crippen LogP) is 4.03. The molecule has 0 aromatic heterocycles. The van der Waals surface area contributed by atoms with Gasteiger partial charge in [-0.2, -0.15) is 5.26 Å². The number of carbonyl (C=O) groups is 1. The molecule has 0 atom stereocenters. The number of aliphatic imine (C=N–C) groups is 1. The Labute approximate surface area is 166 Å². The zero-order valence-electron chi connectivity index (χ0n) is 17.0. The molecule has 144 valence electrons. The maximum absolute atomic E-state index is 12.9. The summed E-state index contributed by atoms with van der Waals surface area (Å²) in [6.07, 6.45) is 1.02. The number of ether oxygens (including phenoxy) is 1. The maximum Gasteiger partial charge on any atom is 0.168 e. The molecule has 0 unspecified atom stereocenters. The third-order valence-electron chi connectivity index (χ3n) is 4.92. The van der Waals surface area contributed by atoms with E-state index in [0.29, 0.717) is 11.1 Å². The van der Waals surface area contributed by atoms with Crippen molar-refractivity contribution in [2.75, 3.05) is 26.1 Å². The largest absolute Gasteiger partial charge is 0.495 e. The van der Waals surface area contributed by atoms with Gasteiger partial charge < -0.3 is 9.64 Å². The minimum absolute atomic E-state index is 0.00545. The fourth-order valence-electron chi connectivity index (χ4n) is 3.59. The summed E-state index contributed by atoms with van der Waals surface area (Å²) in [5.41, 5.74) is 4.76. The zero-order chi connectivity index (χ0) is 20.5. The zero-order valence-corrected chi connectivity index (χ0v) is 17.0. The van der Waals surface area contributed by atoms with Crippen LogP contribution in [-0.4, -0.2) is 38.2 Å². The molecule has 5 nitrogen and oxygen atoms in total. The van der Waals surface area contributed by atoms with Crippen molar-refractivity contribution in [1.29, 1.82) is 5.26 Å². The number of methoxy groups -OCH3 is 1. The summed E-state index contributed by atoms with van der Waals surface area (Å²) in [5.74, 6) is 0.813. The minimum atomic E-state index is -0.280. The van der Waals surface area contributed by atoms with Crippen LogP contribution in [0, 0.1) is 11.3 Å². The van der Waals surface area contributed by atoms with E-state index in [1.54, 1.807) is 31.4 Å². The summed E-state index contributed by atoms with van der Waals surface area (Å²) in [6.45, 7) is 4.16. The van der Waals surface area contributed by atoms with E-state index in [2.05, 4.69) is 32.0 Å². The first-order valence-corrected chi connectivity index (χ1v) is 9.25. The van der Waals surface area contributed by atoms with Crippen LogP contribution in [0.15, 0.2) is 41.4 Å². The number of nitrogens with zero attached hydrogens (tertiary/aromatic N) is 3. The van der Waals surface area contributed by atoms with Gasteiger partial charge in [-0.25, -0.2) is 0 Å². The fraction of sp³-hybridized carbons (Fsp3) is 0.348. The molecule has 0 spiro atoms. The van der Waals surface area contributed by atoms with Gasteiger partial charge in [0.2, 0.25) is 0 Å². The second-order valence-corrected chi connectivity index (χ2v) is 7.91. The molecule has 5 heteroatoms.